The van der Waals surface area contributed by atoms with Gasteiger partial charge in [0.2, 0.25) is 6.41 Å². The third-order valence-electron chi connectivity index (χ3n) is 5.11. The topological polar surface area (TPSA) is 20.3 Å². The van der Waals surface area contributed by atoms with Crippen molar-refractivity contribution in [3.8, 4) is 0 Å². The predicted octanol–water partition coefficient (Wildman–Crippen LogP) is 7.84. The van der Waals surface area contributed by atoms with Gasteiger partial charge in [-0.3, -0.25) is 4.79 Å². The highest BCUT2D eigenvalue weighted by Gasteiger charge is 1.95. The Hall–Kier alpha value is -1.05. The van der Waals surface area contributed by atoms with Crippen molar-refractivity contribution in [1.82, 2.24) is 4.90 Å². The van der Waals surface area contributed by atoms with E-state index in [4.69, 9.17) is 0 Å². The standard InChI is InChI=1S/C25H47NO/c1-3-5-7-9-11-13-15-17-19-21-23-26(25-27)24-22-20-18-16-14-12-10-8-6-4-2/h19-22,25H,3-18,23-24H2,1-2H3. The van der Waals surface area contributed by atoms with E-state index in [0.29, 0.717) is 0 Å². The van der Waals surface area contributed by atoms with Crippen LogP contribution in [0, 0.1) is 0 Å². The van der Waals surface area contributed by atoms with Gasteiger partial charge in [-0.2, -0.15) is 0 Å². The van der Waals surface area contributed by atoms with E-state index in [1.165, 1.54) is 89.9 Å². The molecule has 0 aliphatic rings. The summed E-state index contributed by atoms with van der Waals surface area (Å²) in [7, 11) is 0. The van der Waals surface area contributed by atoms with E-state index >= 15 is 0 Å². The zero-order valence-corrected chi connectivity index (χ0v) is 18.5. The van der Waals surface area contributed by atoms with E-state index in [2.05, 4.69) is 38.2 Å². The van der Waals surface area contributed by atoms with E-state index in [-0.39, 0.29) is 0 Å². The molecule has 0 unspecified atom stereocenters. The van der Waals surface area contributed by atoms with Crippen molar-refractivity contribution in [2.24, 2.45) is 0 Å². The van der Waals surface area contributed by atoms with Gasteiger partial charge in [-0.15, -0.1) is 0 Å². The van der Waals surface area contributed by atoms with Crippen LogP contribution < -0.4 is 0 Å². The molecule has 0 aromatic carbocycles. The molecule has 0 atom stereocenters. The van der Waals surface area contributed by atoms with Crippen LogP contribution in [0.3, 0.4) is 0 Å². The molecule has 0 saturated heterocycles. The van der Waals surface area contributed by atoms with E-state index in [1.807, 2.05) is 4.90 Å². The number of allylic oxidation sites excluding steroid dienone is 2. The van der Waals surface area contributed by atoms with Crippen LogP contribution in [0.4, 0.5) is 0 Å². The second-order valence-electron chi connectivity index (χ2n) is 7.82. The van der Waals surface area contributed by atoms with E-state index in [0.717, 1.165) is 32.3 Å². The Labute approximate surface area is 170 Å². The SMILES string of the molecule is CCCCCCCCCC=CCN(C=O)CC=CCCCCCCCCC. The summed E-state index contributed by atoms with van der Waals surface area (Å²) < 4.78 is 0. The number of hydrogen-bond donors (Lipinski definition) is 0. The molecule has 0 bridgehead atoms. The number of nitrogens with zero attached hydrogens (tertiary/aromatic N) is 1. The molecule has 0 heterocycles. The second kappa shape index (κ2) is 23.0. The van der Waals surface area contributed by atoms with Crippen LogP contribution in [-0.2, 0) is 4.79 Å². The number of carbonyl (C=O) groups excluding carboxylic acids is 1. The van der Waals surface area contributed by atoms with Gasteiger partial charge in [0.15, 0.2) is 0 Å². The fraction of sp³-hybridized carbons (Fsp3) is 0.800. The second-order valence-corrected chi connectivity index (χ2v) is 7.82. The van der Waals surface area contributed by atoms with E-state index in [9.17, 15) is 4.79 Å². The first-order valence-electron chi connectivity index (χ1n) is 11.8. The highest BCUT2D eigenvalue weighted by Crippen LogP contribution is 2.09. The number of amides is 1. The molecule has 0 fully saturated rings. The molecule has 27 heavy (non-hydrogen) atoms. The lowest BCUT2D eigenvalue weighted by Crippen LogP contribution is -2.21. The van der Waals surface area contributed by atoms with Gasteiger partial charge >= 0.3 is 0 Å². The maximum absolute atomic E-state index is 11.1. The Morgan fingerprint density at radius 3 is 1.26 bits per heavy atom. The Balaban J connectivity index is 3.50. The minimum atomic E-state index is 0.738. The summed E-state index contributed by atoms with van der Waals surface area (Å²) in [6.45, 7) is 6.00. The molecule has 0 saturated carbocycles. The van der Waals surface area contributed by atoms with Crippen LogP contribution in [0.25, 0.3) is 0 Å². The molecule has 0 rings (SSSR count). The Bertz CT molecular complexity index is 318. The lowest BCUT2D eigenvalue weighted by Gasteiger charge is -2.11. The lowest BCUT2D eigenvalue weighted by atomic mass is 10.1. The zero-order chi connectivity index (χ0) is 19.8. The minimum Gasteiger partial charge on any atom is -0.338 e. The number of unbranched alkanes of at least 4 members (excludes halogenated alkanes) is 14. The number of hydrogen-bond acceptors (Lipinski definition) is 1. The van der Waals surface area contributed by atoms with E-state index in [1.54, 1.807) is 0 Å². The van der Waals surface area contributed by atoms with Crippen LogP contribution >= 0.6 is 0 Å². The monoisotopic (exact) mass is 377 g/mol. The summed E-state index contributed by atoms with van der Waals surface area (Å²) in [4.78, 5) is 13.0. The average molecular weight is 378 g/mol. The Morgan fingerprint density at radius 1 is 0.519 bits per heavy atom. The van der Waals surface area contributed by atoms with Crippen molar-refractivity contribution >= 4 is 6.41 Å². The molecule has 0 aromatic heterocycles. The normalized spacial score (nSPS) is 11.6. The summed E-state index contributed by atoms with van der Waals surface area (Å²) in [5.41, 5.74) is 0. The van der Waals surface area contributed by atoms with Crippen LogP contribution in [-0.4, -0.2) is 24.4 Å². The molecule has 1 amide bonds. The van der Waals surface area contributed by atoms with Gasteiger partial charge in [0, 0.05) is 13.1 Å². The quantitative estimate of drug-likeness (QED) is 0.113. The van der Waals surface area contributed by atoms with Gasteiger partial charge in [-0.05, 0) is 25.7 Å². The van der Waals surface area contributed by atoms with Gasteiger partial charge < -0.3 is 4.90 Å². The molecule has 0 aromatic rings. The zero-order valence-electron chi connectivity index (χ0n) is 18.5. The molecule has 0 spiro atoms. The smallest absolute Gasteiger partial charge is 0.210 e. The van der Waals surface area contributed by atoms with Crippen LogP contribution in [0.15, 0.2) is 24.3 Å². The minimum absolute atomic E-state index is 0.738. The van der Waals surface area contributed by atoms with Crippen LogP contribution in [0.2, 0.25) is 0 Å². The molecule has 0 aliphatic heterocycles. The van der Waals surface area contributed by atoms with Crippen LogP contribution in [0.1, 0.15) is 117 Å². The first kappa shape index (κ1) is 26.0. The predicted molar refractivity (Wildman–Crippen MR) is 121 cm³/mol. The van der Waals surface area contributed by atoms with Gasteiger partial charge in [-0.25, -0.2) is 0 Å². The first-order chi connectivity index (χ1) is 13.3. The number of carbonyl (C=O) groups is 1. The van der Waals surface area contributed by atoms with Crippen molar-refractivity contribution in [3.05, 3.63) is 24.3 Å². The highest BCUT2D eigenvalue weighted by molar-refractivity contribution is 5.47. The van der Waals surface area contributed by atoms with Crippen molar-refractivity contribution < 1.29 is 4.79 Å². The maximum atomic E-state index is 11.1. The third-order valence-corrected chi connectivity index (χ3v) is 5.11. The van der Waals surface area contributed by atoms with Crippen molar-refractivity contribution in [2.75, 3.05) is 13.1 Å². The number of rotatable bonds is 21. The maximum Gasteiger partial charge on any atom is 0.210 e. The van der Waals surface area contributed by atoms with Gasteiger partial charge in [0.25, 0.3) is 0 Å². The molecule has 0 aliphatic carbocycles. The highest BCUT2D eigenvalue weighted by atomic mass is 16.1. The van der Waals surface area contributed by atoms with Gasteiger partial charge in [0.1, 0.15) is 0 Å². The lowest BCUT2D eigenvalue weighted by molar-refractivity contribution is -0.117. The fourth-order valence-corrected chi connectivity index (χ4v) is 3.25. The average Bonchev–Trinajstić information content (AvgIpc) is 2.69. The van der Waals surface area contributed by atoms with Crippen molar-refractivity contribution in [1.29, 1.82) is 0 Å². The van der Waals surface area contributed by atoms with E-state index < -0.39 is 0 Å². The van der Waals surface area contributed by atoms with Crippen molar-refractivity contribution in [3.63, 3.8) is 0 Å². The largest absolute Gasteiger partial charge is 0.338 e. The summed E-state index contributed by atoms with van der Waals surface area (Å²) >= 11 is 0. The van der Waals surface area contributed by atoms with Gasteiger partial charge in [-0.1, -0.05) is 115 Å². The van der Waals surface area contributed by atoms with Crippen LogP contribution in [0.5, 0.6) is 0 Å². The molecule has 158 valence electrons. The first-order valence-corrected chi connectivity index (χ1v) is 11.8. The molecular weight excluding hydrogens is 330 g/mol. The molecule has 2 nitrogen and oxygen atoms in total. The van der Waals surface area contributed by atoms with Crippen molar-refractivity contribution in [2.45, 2.75) is 117 Å². The summed E-state index contributed by atoms with van der Waals surface area (Å²) in [6.07, 6.45) is 31.0. The third kappa shape index (κ3) is 21.1. The summed E-state index contributed by atoms with van der Waals surface area (Å²) in [5, 5.41) is 0. The molecule has 0 N–H and O–H groups in total. The molecular formula is C25H47NO. The summed E-state index contributed by atoms with van der Waals surface area (Å²) in [5.74, 6) is 0. The molecule has 0 radical (unpaired) electrons. The fourth-order valence-electron chi connectivity index (χ4n) is 3.25. The Kier molecular flexibility index (Phi) is 22.1. The molecule has 2 heteroatoms. The summed E-state index contributed by atoms with van der Waals surface area (Å²) in [6, 6.07) is 0. The Morgan fingerprint density at radius 2 is 0.889 bits per heavy atom. The van der Waals surface area contributed by atoms with Gasteiger partial charge in [0.05, 0.1) is 0 Å².